The van der Waals surface area contributed by atoms with Gasteiger partial charge in [-0.1, -0.05) is 32.9 Å². The van der Waals surface area contributed by atoms with E-state index in [-0.39, 0.29) is 5.41 Å². The van der Waals surface area contributed by atoms with Gasteiger partial charge < -0.3 is 14.8 Å². The van der Waals surface area contributed by atoms with Gasteiger partial charge in [0.1, 0.15) is 24.7 Å². The molecule has 0 radical (unpaired) electrons. The average molecular weight is 400 g/mol. The van der Waals surface area contributed by atoms with Gasteiger partial charge in [-0.15, -0.1) is 0 Å². The van der Waals surface area contributed by atoms with E-state index in [9.17, 15) is 0 Å². The molecule has 5 nitrogen and oxygen atoms in total. The zero-order valence-electron chi connectivity index (χ0n) is 17.0. The average Bonchev–Trinajstić information content (AvgIpc) is 2.66. The van der Waals surface area contributed by atoms with Crippen molar-refractivity contribution in [3.05, 3.63) is 59.7 Å². The molecule has 2 rings (SSSR count). The summed E-state index contributed by atoms with van der Waals surface area (Å²) in [4.78, 5) is 0. The van der Waals surface area contributed by atoms with Crippen LogP contribution in [0.2, 0.25) is 0 Å². The van der Waals surface area contributed by atoms with E-state index in [4.69, 9.17) is 21.7 Å². The molecule has 28 heavy (non-hydrogen) atoms. The van der Waals surface area contributed by atoms with Gasteiger partial charge >= 0.3 is 0 Å². The Labute approximate surface area is 173 Å². The third-order valence-corrected chi connectivity index (χ3v) is 4.17. The lowest BCUT2D eigenvalue weighted by Gasteiger charge is -2.19. The van der Waals surface area contributed by atoms with Crippen LogP contribution in [0.25, 0.3) is 0 Å². The number of nitrogens with zero attached hydrogens (tertiary/aromatic N) is 1. The largest absolute Gasteiger partial charge is 0.490 e. The first-order chi connectivity index (χ1) is 13.4. The Morgan fingerprint density at radius 2 is 1.50 bits per heavy atom. The van der Waals surface area contributed by atoms with Gasteiger partial charge in [0, 0.05) is 6.54 Å². The molecule has 0 aliphatic carbocycles. The van der Waals surface area contributed by atoms with E-state index in [1.165, 1.54) is 5.56 Å². The molecule has 2 aromatic carbocycles. The fraction of sp³-hybridized carbons (Fsp3) is 0.364. The Bertz CT molecular complexity index is 766. The van der Waals surface area contributed by atoms with Gasteiger partial charge in [-0.05, 0) is 72.1 Å². The molecule has 0 unspecified atom stereocenters. The minimum absolute atomic E-state index is 0.146. The fourth-order valence-electron chi connectivity index (χ4n) is 2.39. The van der Waals surface area contributed by atoms with Crippen LogP contribution < -0.4 is 20.2 Å². The van der Waals surface area contributed by atoms with E-state index in [1.54, 1.807) is 6.21 Å². The highest BCUT2D eigenvalue weighted by Gasteiger charge is 2.12. The van der Waals surface area contributed by atoms with Crippen molar-refractivity contribution in [3.8, 4) is 11.5 Å². The number of ether oxygens (including phenoxy) is 2. The van der Waals surface area contributed by atoms with Crippen molar-refractivity contribution in [2.75, 3.05) is 19.8 Å². The summed E-state index contributed by atoms with van der Waals surface area (Å²) in [5.41, 5.74) is 5.15. The molecule has 0 aromatic heterocycles. The van der Waals surface area contributed by atoms with E-state index in [2.05, 4.69) is 48.7 Å². The second-order valence-electron chi connectivity index (χ2n) is 7.27. The highest BCUT2D eigenvalue weighted by Crippen LogP contribution is 2.24. The number of hydrogen-bond acceptors (Lipinski definition) is 4. The fourth-order valence-corrected chi connectivity index (χ4v) is 2.58. The van der Waals surface area contributed by atoms with Crippen molar-refractivity contribution >= 4 is 23.5 Å². The predicted molar refractivity (Wildman–Crippen MR) is 120 cm³/mol. The zero-order chi connectivity index (χ0) is 20.4. The second-order valence-corrected chi connectivity index (χ2v) is 7.68. The van der Waals surface area contributed by atoms with Crippen LogP contribution in [0.3, 0.4) is 0 Å². The van der Waals surface area contributed by atoms with Crippen molar-refractivity contribution in [1.29, 1.82) is 0 Å². The standard InChI is InChI=1S/C22H29N3O2S/c1-5-23-21(28)25-24-16-17-6-10-19(11-7-17)26-14-15-27-20-12-8-18(9-13-20)22(2,3)4/h6-13,16H,5,14-15H2,1-4H3,(H2,23,25,28)/b24-16-. The lowest BCUT2D eigenvalue weighted by Crippen LogP contribution is -2.31. The summed E-state index contributed by atoms with van der Waals surface area (Å²) in [7, 11) is 0. The molecular formula is C22H29N3O2S. The van der Waals surface area contributed by atoms with E-state index >= 15 is 0 Å². The van der Waals surface area contributed by atoms with Gasteiger partial charge in [-0.2, -0.15) is 5.10 Å². The van der Waals surface area contributed by atoms with Gasteiger partial charge in [0.15, 0.2) is 5.11 Å². The van der Waals surface area contributed by atoms with E-state index in [0.29, 0.717) is 18.3 Å². The number of nitrogens with one attached hydrogen (secondary N) is 2. The molecule has 0 saturated carbocycles. The Kier molecular flexibility index (Phi) is 8.26. The first-order valence-electron chi connectivity index (χ1n) is 9.41. The maximum absolute atomic E-state index is 5.74. The van der Waals surface area contributed by atoms with Gasteiger partial charge in [0.25, 0.3) is 0 Å². The van der Waals surface area contributed by atoms with E-state index in [1.807, 2.05) is 43.3 Å². The summed E-state index contributed by atoms with van der Waals surface area (Å²) in [6, 6.07) is 15.9. The molecule has 0 atom stereocenters. The smallest absolute Gasteiger partial charge is 0.186 e. The molecule has 0 fully saturated rings. The SMILES string of the molecule is CCNC(=S)N/N=C\c1ccc(OCCOc2ccc(C(C)(C)C)cc2)cc1. The first-order valence-corrected chi connectivity index (χ1v) is 9.82. The topological polar surface area (TPSA) is 54.9 Å². The maximum Gasteiger partial charge on any atom is 0.186 e. The first kappa shape index (κ1) is 21.7. The molecule has 0 amide bonds. The molecule has 0 bridgehead atoms. The summed E-state index contributed by atoms with van der Waals surface area (Å²) in [6.07, 6.45) is 1.71. The van der Waals surface area contributed by atoms with Gasteiger partial charge in [-0.3, -0.25) is 5.43 Å². The minimum Gasteiger partial charge on any atom is -0.490 e. The van der Waals surface area contributed by atoms with Crippen LogP contribution in [0, 0.1) is 0 Å². The third-order valence-electron chi connectivity index (χ3n) is 3.94. The Balaban J connectivity index is 1.72. The summed E-state index contributed by atoms with van der Waals surface area (Å²) in [5, 5.41) is 7.55. The van der Waals surface area contributed by atoms with Crippen molar-refractivity contribution in [2.45, 2.75) is 33.1 Å². The zero-order valence-corrected chi connectivity index (χ0v) is 17.8. The van der Waals surface area contributed by atoms with Crippen LogP contribution in [0.4, 0.5) is 0 Å². The second kappa shape index (κ2) is 10.7. The molecule has 0 spiro atoms. The summed E-state index contributed by atoms with van der Waals surface area (Å²) in [6.45, 7) is 10.3. The summed E-state index contributed by atoms with van der Waals surface area (Å²) in [5.74, 6) is 1.64. The number of hydrazone groups is 1. The van der Waals surface area contributed by atoms with Gasteiger partial charge in [0.05, 0.1) is 6.21 Å². The molecule has 2 N–H and O–H groups in total. The van der Waals surface area contributed by atoms with Gasteiger partial charge in [-0.25, -0.2) is 0 Å². The van der Waals surface area contributed by atoms with Crippen LogP contribution in [-0.4, -0.2) is 31.1 Å². The highest BCUT2D eigenvalue weighted by atomic mass is 32.1. The molecule has 0 aliphatic heterocycles. The van der Waals surface area contributed by atoms with Crippen molar-refractivity contribution in [2.24, 2.45) is 5.10 Å². The normalized spacial score (nSPS) is 11.3. The Morgan fingerprint density at radius 3 is 2.00 bits per heavy atom. The Hall–Kier alpha value is -2.60. The highest BCUT2D eigenvalue weighted by molar-refractivity contribution is 7.80. The van der Waals surface area contributed by atoms with Crippen LogP contribution in [0.1, 0.15) is 38.8 Å². The van der Waals surface area contributed by atoms with Gasteiger partial charge in [0.2, 0.25) is 0 Å². The van der Waals surface area contributed by atoms with E-state index < -0.39 is 0 Å². The third kappa shape index (κ3) is 7.56. The predicted octanol–water partition coefficient (Wildman–Crippen LogP) is 4.26. The number of thiocarbonyl (C=S) groups is 1. The molecule has 0 aliphatic rings. The van der Waals surface area contributed by atoms with Crippen molar-refractivity contribution in [1.82, 2.24) is 10.7 Å². The Morgan fingerprint density at radius 1 is 0.964 bits per heavy atom. The maximum atomic E-state index is 5.74. The molecule has 0 heterocycles. The quantitative estimate of drug-likeness (QED) is 0.301. The van der Waals surface area contributed by atoms with Crippen molar-refractivity contribution in [3.63, 3.8) is 0 Å². The number of benzene rings is 2. The van der Waals surface area contributed by atoms with Crippen LogP contribution in [-0.2, 0) is 5.41 Å². The molecular weight excluding hydrogens is 370 g/mol. The molecule has 2 aromatic rings. The van der Waals surface area contributed by atoms with Crippen LogP contribution in [0.15, 0.2) is 53.6 Å². The monoisotopic (exact) mass is 399 g/mol. The van der Waals surface area contributed by atoms with Crippen LogP contribution >= 0.6 is 12.2 Å². The molecule has 150 valence electrons. The van der Waals surface area contributed by atoms with Crippen LogP contribution in [0.5, 0.6) is 11.5 Å². The minimum atomic E-state index is 0.146. The number of rotatable bonds is 8. The lowest BCUT2D eigenvalue weighted by atomic mass is 9.87. The summed E-state index contributed by atoms with van der Waals surface area (Å²) < 4.78 is 11.5. The van der Waals surface area contributed by atoms with E-state index in [0.717, 1.165) is 23.6 Å². The molecule has 6 heteroatoms. The summed E-state index contributed by atoms with van der Waals surface area (Å²) >= 11 is 5.04. The van der Waals surface area contributed by atoms with Crippen molar-refractivity contribution < 1.29 is 9.47 Å². The number of hydrogen-bond donors (Lipinski definition) is 2. The lowest BCUT2D eigenvalue weighted by molar-refractivity contribution is 0.217. The molecule has 0 saturated heterocycles.